The first-order valence-corrected chi connectivity index (χ1v) is 9.12. The zero-order chi connectivity index (χ0) is 19.0. The zero-order valence-corrected chi connectivity index (χ0v) is 15.9. The van der Waals surface area contributed by atoms with E-state index in [4.69, 9.17) is 16.3 Å². The highest BCUT2D eigenvalue weighted by atomic mass is 35.5. The fourth-order valence-electron chi connectivity index (χ4n) is 2.94. The van der Waals surface area contributed by atoms with Crippen molar-refractivity contribution in [1.29, 1.82) is 0 Å². The van der Waals surface area contributed by atoms with Gasteiger partial charge < -0.3 is 15.0 Å². The molecule has 1 N–H and O–H groups in total. The molecule has 140 valence electrons. The number of nitrogens with one attached hydrogen (secondary N) is 1. The second kappa shape index (κ2) is 7.08. The molecule has 0 saturated heterocycles. The molecule has 0 aliphatic heterocycles. The third kappa shape index (κ3) is 3.68. The van der Waals surface area contributed by atoms with Crippen LogP contribution in [0.3, 0.4) is 0 Å². The van der Waals surface area contributed by atoms with E-state index < -0.39 is 0 Å². The third-order valence-electron chi connectivity index (χ3n) is 4.55. The largest absolute Gasteiger partial charge is 0.497 e. The summed E-state index contributed by atoms with van der Waals surface area (Å²) in [6.07, 6.45) is 3.58. The number of aromatic nitrogens is 3. The van der Waals surface area contributed by atoms with Gasteiger partial charge in [0.25, 0.3) is 5.91 Å². The molecule has 1 aliphatic rings. The SMILES string of the molecule is COc1ccc(CN(C)c2cc(Cl)nn3c(C(=O)NC4CC4)cnc23)cc1. The van der Waals surface area contributed by atoms with Crippen LogP contribution in [0.15, 0.2) is 36.5 Å². The highest BCUT2D eigenvalue weighted by Gasteiger charge is 2.26. The van der Waals surface area contributed by atoms with E-state index in [2.05, 4.69) is 15.4 Å². The number of anilines is 1. The predicted octanol–water partition coefficient (Wildman–Crippen LogP) is 2.92. The molecule has 0 radical (unpaired) electrons. The first kappa shape index (κ1) is 17.6. The zero-order valence-electron chi connectivity index (χ0n) is 15.1. The fourth-order valence-corrected chi connectivity index (χ4v) is 3.12. The number of methoxy groups -OCH3 is 1. The number of fused-ring (bicyclic) bond motifs is 1. The van der Waals surface area contributed by atoms with Crippen molar-refractivity contribution in [1.82, 2.24) is 19.9 Å². The van der Waals surface area contributed by atoms with Crippen LogP contribution >= 0.6 is 11.6 Å². The number of carbonyl (C=O) groups excluding carboxylic acids is 1. The predicted molar refractivity (Wildman–Crippen MR) is 104 cm³/mol. The number of nitrogens with zero attached hydrogens (tertiary/aromatic N) is 4. The van der Waals surface area contributed by atoms with Crippen molar-refractivity contribution in [3.63, 3.8) is 0 Å². The molecule has 1 aromatic carbocycles. The van der Waals surface area contributed by atoms with Crippen molar-refractivity contribution in [3.8, 4) is 5.75 Å². The maximum atomic E-state index is 12.4. The number of benzene rings is 1. The molecule has 1 saturated carbocycles. The molecule has 0 bridgehead atoms. The lowest BCUT2D eigenvalue weighted by Crippen LogP contribution is -2.27. The van der Waals surface area contributed by atoms with E-state index in [1.165, 1.54) is 4.52 Å². The van der Waals surface area contributed by atoms with Gasteiger partial charge in [-0.25, -0.2) is 9.50 Å². The molecule has 0 atom stereocenters. The fraction of sp³-hybridized carbons (Fsp3) is 0.316. The van der Waals surface area contributed by atoms with Gasteiger partial charge >= 0.3 is 0 Å². The van der Waals surface area contributed by atoms with Gasteiger partial charge in [-0.2, -0.15) is 5.10 Å². The minimum absolute atomic E-state index is 0.177. The van der Waals surface area contributed by atoms with Crippen LogP contribution in [0.2, 0.25) is 5.15 Å². The monoisotopic (exact) mass is 385 g/mol. The van der Waals surface area contributed by atoms with E-state index in [0.29, 0.717) is 23.0 Å². The molecule has 2 aromatic heterocycles. The lowest BCUT2D eigenvalue weighted by molar-refractivity contribution is 0.0944. The van der Waals surface area contributed by atoms with E-state index in [-0.39, 0.29) is 11.9 Å². The van der Waals surface area contributed by atoms with Crippen LogP contribution in [0.1, 0.15) is 28.9 Å². The molecular formula is C19H20ClN5O2. The lowest BCUT2D eigenvalue weighted by atomic mass is 10.2. The minimum Gasteiger partial charge on any atom is -0.497 e. The van der Waals surface area contributed by atoms with Gasteiger partial charge in [-0.1, -0.05) is 23.7 Å². The molecule has 2 heterocycles. The van der Waals surface area contributed by atoms with Gasteiger partial charge in [0, 0.05) is 25.7 Å². The summed E-state index contributed by atoms with van der Waals surface area (Å²) in [7, 11) is 3.60. The Kier molecular flexibility index (Phi) is 4.61. The Hall–Kier alpha value is -2.80. The van der Waals surface area contributed by atoms with Gasteiger partial charge in [0.2, 0.25) is 0 Å². The summed E-state index contributed by atoms with van der Waals surface area (Å²) in [5.41, 5.74) is 2.90. The van der Waals surface area contributed by atoms with Gasteiger partial charge in [-0.05, 0) is 30.5 Å². The van der Waals surface area contributed by atoms with E-state index in [0.717, 1.165) is 29.8 Å². The van der Waals surface area contributed by atoms with Crippen LogP contribution in [0, 0.1) is 0 Å². The second-order valence-corrected chi connectivity index (χ2v) is 7.07. The van der Waals surface area contributed by atoms with Crippen molar-refractivity contribution in [2.45, 2.75) is 25.4 Å². The molecule has 7 nitrogen and oxygen atoms in total. The van der Waals surface area contributed by atoms with Crippen LogP contribution in [0.4, 0.5) is 5.69 Å². The van der Waals surface area contributed by atoms with Crippen LogP contribution < -0.4 is 15.0 Å². The first-order valence-electron chi connectivity index (χ1n) is 8.74. The van der Waals surface area contributed by atoms with Crippen molar-refractivity contribution < 1.29 is 9.53 Å². The summed E-state index contributed by atoms with van der Waals surface area (Å²) in [4.78, 5) is 18.9. The Labute approximate surface area is 161 Å². The summed E-state index contributed by atoms with van der Waals surface area (Å²) in [6, 6.07) is 9.89. The first-order chi connectivity index (χ1) is 13.0. The Morgan fingerprint density at radius 3 is 2.78 bits per heavy atom. The van der Waals surface area contributed by atoms with Crippen LogP contribution in [0.5, 0.6) is 5.75 Å². The van der Waals surface area contributed by atoms with Gasteiger partial charge in [-0.3, -0.25) is 4.79 Å². The smallest absolute Gasteiger partial charge is 0.271 e. The topological polar surface area (TPSA) is 71.8 Å². The number of carbonyl (C=O) groups is 1. The molecule has 0 unspecified atom stereocenters. The maximum Gasteiger partial charge on any atom is 0.271 e. The molecule has 1 fully saturated rings. The molecule has 1 aliphatic carbocycles. The normalized spacial score (nSPS) is 13.6. The molecule has 27 heavy (non-hydrogen) atoms. The van der Waals surface area contributed by atoms with E-state index in [1.54, 1.807) is 19.4 Å². The highest BCUT2D eigenvalue weighted by molar-refractivity contribution is 6.29. The highest BCUT2D eigenvalue weighted by Crippen LogP contribution is 2.26. The maximum absolute atomic E-state index is 12.4. The Morgan fingerprint density at radius 1 is 1.37 bits per heavy atom. The van der Waals surface area contributed by atoms with Crippen molar-refractivity contribution in [2.75, 3.05) is 19.1 Å². The second-order valence-electron chi connectivity index (χ2n) is 6.68. The van der Waals surface area contributed by atoms with E-state index in [9.17, 15) is 4.79 Å². The third-order valence-corrected chi connectivity index (χ3v) is 4.74. The van der Waals surface area contributed by atoms with E-state index in [1.807, 2.05) is 36.2 Å². The summed E-state index contributed by atoms with van der Waals surface area (Å²) < 4.78 is 6.71. The number of imidazole rings is 1. The van der Waals surface area contributed by atoms with Crippen molar-refractivity contribution >= 4 is 28.8 Å². The molecule has 8 heteroatoms. The Morgan fingerprint density at radius 2 is 2.11 bits per heavy atom. The average Bonchev–Trinajstić information content (AvgIpc) is 3.37. The Balaban J connectivity index is 1.63. The summed E-state index contributed by atoms with van der Waals surface area (Å²) in [6.45, 7) is 0.649. The summed E-state index contributed by atoms with van der Waals surface area (Å²) in [5, 5.41) is 7.53. The van der Waals surface area contributed by atoms with Crippen LogP contribution in [-0.4, -0.2) is 40.7 Å². The standard InChI is InChI=1S/C19H20ClN5O2/c1-24(11-12-3-7-14(27-2)8-4-12)15-9-17(20)23-25-16(10-21-18(15)25)19(26)22-13-5-6-13/h3-4,7-10,13H,5-6,11H2,1-2H3,(H,22,26). The molecule has 4 rings (SSSR count). The average molecular weight is 386 g/mol. The number of hydrogen-bond donors (Lipinski definition) is 1. The van der Waals surface area contributed by atoms with Gasteiger partial charge in [0.05, 0.1) is 19.0 Å². The molecule has 1 amide bonds. The number of amides is 1. The molecule has 0 spiro atoms. The Bertz CT molecular complexity index is 982. The number of rotatable bonds is 6. The summed E-state index contributed by atoms with van der Waals surface area (Å²) >= 11 is 6.23. The lowest BCUT2D eigenvalue weighted by Gasteiger charge is -2.20. The number of hydrogen-bond acceptors (Lipinski definition) is 5. The van der Waals surface area contributed by atoms with E-state index >= 15 is 0 Å². The van der Waals surface area contributed by atoms with Gasteiger partial charge in [-0.15, -0.1) is 0 Å². The van der Waals surface area contributed by atoms with Crippen LogP contribution in [0.25, 0.3) is 5.65 Å². The van der Waals surface area contributed by atoms with Crippen LogP contribution in [-0.2, 0) is 6.54 Å². The molecule has 3 aromatic rings. The summed E-state index contributed by atoms with van der Waals surface area (Å²) in [5.74, 6) is 0.638. The minimum atomic E-state index is -0.177. The van der Waals surface area contributed by atoms with Gasteiger partial charge in [0.15, 0.2) is 16.5 Å². The van der Waals surface area contributed by atoms with Crippen molar-refractivity contribution in [2.24, 2.45) is 0 Å². The number of ether oxygens (including phenoxy) is 1. The molecular weight excluding hydrogens is 366 g/mol. The van der Waals surface area contributed by atoms with Crippen molar-refractivity contribution in [3.05, 3.63) is 52.9 Å². The quantitative estimate of drug-likeness (QED) is 0.706. The van der Waals surface area contributed by atoms with Gasteiger partial charge in [0.1, 0.15) is 5.75 Å². The number of halogens is 1.